The Morgan fingerprint density at radius 2 is 2.24 bits per heavy atom. The van der Waals surface area contributed by atoms with Crippen LogP contribution in [0.25, 0.3) is 0 Å². The summed E-state index contributed by atoms with van der Waals surface area (Å²) >= 11 is 1.75. The third-order valence-corrected chi connectivity index (χ3v) is 3.94. The van der Waals surface area contributed by atoms with Crippen LogP contribution in [-0.2, 0) is 16.0 Å². The van der Waals surface area contributed by atoms with Gasteiger partial charge in [-0.15, -0.1) is 11.3 Å². The lowest BCUT2D eigenvalue weighted by Crippen LogP contribution is -2.49. The van der Waals surface area contributed by atoms with Crippen molar-refractivity contribution in [3.8, 4) is 0 Å². The van der Waals surface area contributed by atoms with Gasteiger partial charge in [0, 0.05) is 11.4 Å². The average molecular weight is 255 g/mol. The van der Waals surface area contributed by atoms with E-state index in [4.69, 9.17) is 4.74 Å². The Bertz CT molecular complexity index is 346. The number of nitrogens with zero attached hydrogens (tertiary/aromatic N) is 1. The van der Waals surface area contributed by atoms with Crippen molar-refractivity contribution in [1.29, 1.82) is 0 Å². The standard InChI is InChI=1S/C13H21NO2S/c1-5-16-12(15)13(2,3)14(4)9-8-11-7-6-10-17-11/h6-7,10H,5,8-9H2,1-4H3. The molecule has 0 aromatic carbocycles. The highest BCUT2D eigenvalue weighted by Gasteiger charge is 2.33. The quantitative estimate of drug-likeness (QED) is 0.732. The third kappa shape index (κ3) is 3.82. The fourth-order valence-electron chi connectivity index (χ4n) is 1.48. The zero-order valence-electron chi connectivity index (χ0n) is 11.0. The Morgan fingerprint density at radius 1 is 1.53 bits per heavy atom. The average Bonchev–Trinajstić information content (AvgIpc) is 2.78. The van der Waals surface area contributed by atoms with E-state index in [2.05, 4.69) is 17.5 Å². The molecular weight excluding hydrogens is 234 g/mol. The topological polar surface area (TPSA) is 29.5 Å². The molecule has 1 aromatic rings. The van der Waals surface area contributed by atoms with Gasteiger partial charge in [-0.2, -0.15) is 0 Å². The molecular formula is C13H21NO2S. The Balaban J connectivity index is 2.50. The normalized spacial score (nSPS) is 11.8. The largest absolute Gasteiger partial charge is 0.465 e. The van der Waals surface area contributed by atoms with Crippen molar-refractivity contribution >= 4 is 17.3 Å². The maximum Gasteiger partial charge on any atom is 0.325 e. The van der Waals surface area contributed by atoms with E-state index in [-0.39, 0.29) is 5.97 Å². The maximum atomic E-state index is 11.8. The van der Waals surface area contributed by atoms with Crippen LogP contribution in [0.3, 0.4) is 0 Å². The van der Waals surface area contributed by atoms with Gasteiger partial charge in [-0.1, -0.05) is 6.07 Å². The minimum Gasteiger partial charge on any atom is -0.465 e. The molecule has 0 N–H and O–H groups in total. The number of rotatable bonds is 6. The minimum absolute atomic E-state index is 0.159. The van der Waals surface area contributed by atoms with Crippen molar-refractivity contribution in [2.45, 2.75) is 32.7 Å². The van der Waals surface area contributed by atoms with Gasteiger partial charge < -0.3 is 4.74 Å². The fourth-order valence-corrected chi connectivity index (χ4v) is 2.17. The number of ether oxygens (including phenoxy) is 1. The molecule has 0 aliphatic rings. The van der Waals surface area contributed by atoms with Gasteiger partial charge in [0.2, 0.25) is 0 Å². The zero-order chi connectivity index (χ0) is 12.9. The van der Waals surface area contributed by atoms with Gasteiger partial charge in [-0.3, -0.25) is 9.69 Å². The molecule has 1 heterocycles. The van der Waals surface area contributed by atoms with E-state index in [1.807, 2.05) is 32.7 Å². The monoisotopic (exact) mass is 255 g/mol. The van der Waals surface area contributed by atoms with Gasteiger partial charge in [0.25, 0.3) is 0 Å². The fraction of sp³-hybridized carbons (Fsp3) is 0.615. The molecule has 0 unspecified atom stereocenters. The van der Waals surface area contributed by atoms with E-state index < -0.39 is 5.54 Å². The first-order valence-corrected chi connectivity index (χ1v) is 6.77. The lowest BCUT2D eigenvalue weighted by atomic mass is 10.0. The number of carbonyl (C=O) groups is 1. The molecule has 0 amide bonds. The SMILES string of the molecule is CCOC(=O)C(C)(C)N(C)CCc1cccs1. The molecule has 0 aliphatic carbocycles. The van der Waals surface area contributed by atoms with Gasteiger partial charge >= 0.3 is 5.97 Å². The van der Waals surface area contributed by atoms with Crippen LogP contribution in [0.5, 0.6) is 0 Å². The number of carbonyl (C=O) groups excluding carboxylic acids is 1. The van der Waals surface area contributed by atoms with Gasteiger partial charge in [0.05, 0.1) is 6.61 Å². The summed E-state index contributed by atoms with van der Waals surface area (Å²) in [5.41, 5.74) is -0.562. The van der Waals surface area contributed by atoms with Gasteiger partial charge in [0.1, 0.15) is 5.54 Å². The van der Waals surface area contributed by atoms with Crippen molar-refractivity contribution in [2.24, 2.45) is 0 Å². The van der Waals surface area contributed by atoms with Crippen LogP contribution in [0.4, 0.5) is 0 Å². The molecule has 0 saturated heterocycles. The van der Waals surface area contributed by atoms with E-state index in [9.17, 15) is 4.79 Å². The first-order chi connectivity index (χ1) is 7.98. The number of esters is 1. The van der Waals surface area contributed by atoms with Crippen LogP contribution in [0.15, 0.2) is 17.5 Å². The lowest BCUT2D eigenvalue weighted by Gasteiger charge is -2.33. The molecule has 4 heteroatoms. The second kappa shape index (κ2) is 6.17. The van der Waals surface area contributed by atoms with Crippen molar-refractivity contribution in [2.75, 3.05) is 20.2 Å². The number of hydrogen-bond donors (Lipinski definition) is 0. The predicted molar refractivity (Wildman–Crippen MR) is 71.4 cm³/mol. The molecule has 0 saturated carbocycles. The van der Waals surface area contributed by atoms with E-state index in [0.717, 1.165) is 13.0 Å². The second-order valence-electron chi connectivity index (χ2n) is 4.53. The summed E-state index contributed by atoms with van der Waals surface area (Å²) < 4.78 is 5.09. The van der Waals surface area contributed by atoms with Crippen LogP contribution in [0.2, 0.25) is 0 Å². The second-order valence-corrected chi connectivity index (χ2v) is 5.56. The van der Waals surface area contributed by atoms with Gasteiger partial charge in [-0.25, -0.2) is 0 Å². The van der Waals surface area contributed by atoms with Crippen LogP contribution in [0.1, 0.15) is 25.6 Å². The van der Waals surface area contributed by atoms with Crippen molar-refractivity contribution in [3.63, 3.8) is 0 Å². The third-order valence-electron chi connectivity index (χ3n) is 3.00. The predicted octanol–water partition coefficient (Wildman–Crippen LogP) is 2.56. The first-order valence-electron chi connectivity index (χ1n) is 5.89. The van der Waals surface area contributed by atoms with E-state index in [1.165, 1.54) is 4.88 Å². The number of hydrogen-bond acceptors (Lipinski definition) is 4. The van der Waals surface area contributed by atoms with Crippen LogP contribution < -0.4 is 0 Å². The highest BCUT2D eigenvalue weighted by molar-refractivity contribution is 7.09. The summed E-state index contributed by atoms with van der Waals surface area (Å²) in [7, 11) is 1.96. The van der Waals surface area contributed by atoms with Crippen LogP contribution >= 0.6 is 11.3 Å². The molecule has 1 aromatic heterocycles. The Labute approximate surface area is 107 Å². The lowest BCUT2D eigenvalue weighted by molar-refractivity contribution is -0.154. The summed E-state index contributed by atoms with van der Waals surface area (Å²) in [5.74, 6) is -0.159. The summed E-state index contributed by atoms with van der Waals surface area (Å²) in [5, 5.41) is 2.08. The van der Waals surface area contributed by atoms with Crippen LogP contribution in [-0.4, -0.2) is 36.6 Å². The molecule has 0 aliphatic heterocycles. The zero-order valence-corrected chi connectivity index (χ0v) is 11.8. The minimum atomic E-state index is -0.562. The molecule has 0 fully saturated rings. The summed E-state index contributed by atoms with van der Waals surface area (Å²) in [4.78, 5) is 15.2. The van der Waals surface area contributed by atoms with Crippen LogP contribution in [0, 0.1) is 0 Å². The molecule has 96 valence electrons. The molecule has 0 atom stereocenters. The highest BCUT2D eigenvalue weighted by Crippen LogP contribution is 2.16. The Hall–Kier alpha value is -0.870. The van der Waals surface area contributed by atoms with Crippen molar-refractivity contribution in [1.82, 2.24) is 4.90 Å². The molecule has 0 spiro atoms. The Morgan fingerprint density at radius 3 is 2.76 bits per heavy atom. The molecule has 1 rings (SSSR count). The molecule has 17 heavy (non-hydrogen) atoms. The van der Waals surface area contributed by atoms with Gasteiger partial charge in [0.15, 0.2) is 0 Å². The van der Waals surface area contributed by atoms with Crippen molar-refractivity contribution < 1.29 is 9.53 Å². The molecule has 0 radical (unpaired) electrons. The summed E-state index contributed by atoms with van der Waals surface area (Å²) in [6.45, 7) is 6.92. The number of likely N-dealkylation sites (N-methyl/N-ethyl adjacent to an activating group) is 1. The van der Waals surface area contributed by atoms with E-state index in [1.54, 1.807) is 11.3 Å². The summed E-state index contributed by atoms with van der Waals surface area (Å²) in [6, 6.07) is 4.17. The van der Waals surface area contributed by atoms with Crippen molar-refractivity contribution in [3.05, 3.63) is 22.4 Å². The Kier molecular flexibility index (Phi) is 5.15. The van der Waals surface area contributed by atoms with Gasteiger partial charge in [-0.05, 0) is 45.7 Å². The highest BCUT2D eigenvalue weighted by atomic mass is 32.1. The molecule has 3 nitrogen and oxygen atoms in total. The maximum absolute atomic E-state index is 11.8. The molecule has 0 bridgehead atoms. The van der Waals surface area contributed by atoms with E-state index in [0.29, 0.717) is 6.61 Å². The summed E-state index contributed by atoms with van der Waals surface area (Å²) in [6.07, 6.45) is 0.969. The first kappa shape index (κ1) is 14.2. The smallest absolute Gasteiger partial charge is 0.325 e. The van der Waals surface area contributed by atoms with E-state index >= 15 is 0 Å². The number of thiophene rings is 1.